The Kier molecular flexibility index (Phi) is 2.74. The van der Waals surface area contributed by atoms with Gasteiger partial charge < -0.3 is 10.0 Å². The number of pyridine rings is 1. The second kappa shape index (κ2) is 4.31. The van der Waals surface area contributed by atoms with Crippen LogP contribution in [0.15, 0.2) is 18.3 Å². The van der Waals surface area contributed by atoms with E-state index >= 15 is 0 Å². The predicted octanol–water partition coefficient (Wildman–Crippen LogP) is 0.989. The van der Waals surface area contributed by atoms with Gasteiger partial charge in [0, 0.05) is 19.3 Å². The molecular weight excluding hydrogens is 249 g/mol. The van der Waals surface area contributed by atoms with Crippen LogP contribution in [0.2, 0.25) is 0 Å². The third-order valence-corrected chi connectivity index (χ3v) is 3.36. The molecule has 0 aliphatic carbocycles. The van der Waals surface area contributed by atoms with Gasteiger partial charge in [0.2, 0.25) is 5.95 Å². The number of hydrogen-bond donors (Lipinski definition) is 1. The van der Waals surface area contributed by atoms with E-state index in [0.29, 0.717) is 18.6 Å². The summed E-state index contributed by atoms with van der Waals surface area (Å²) in [5.41, 5.74) is 1.12. The monoisotopic (exact) mass is 263 g/mol. The summed E-state index contributed by atoms with van der Waals surface area (Å²) >= 11 is 0. The van der Waals surface area contributed by atoms with E-state index in [9.17, 15) is 14.3 Å². The van der Waals surface area contributed by atoms with Crippen LogP contribution in [0.5, 0.6) is 0 Å². The van der Waals surface area contributed by atoms with Gasteiger partial charge in [0.15, 0.2) is 5.69 Å². The third kappa shape index (κ3) is 1.98. The lowest BCUT2D eigenvalue weighted by Crippen LogP contribution is -2.30. The van der Waals surface area contributed by atoms with Crippen molar-refractivity contribution in [2.75, 3.05) is 13.1 Å². The van der Waals surface area contributed by atoms with Crippen molar-refractivity contribution in [2.24, 2.45) is 0 Å². The Morgan fingerprint density at radius 1 is 1.53 bits per heavy atom. The number of aryl methyl sites for hydroxylation is 1. The minimum absolute atomic E-state index is 0.181. The zero-order valence-electron chi connectivity index (χ0n) is 10.5. The van der Waals surface area contributed by atoms with E-state index in [2.05, 4.69) is 4.98 Å². The molecule has 2 aromatic heterocycles. The lowest BCUT2D eigenvalue weighted by atomic mass is 10.3. The number of hydrogen-bond acceptors (Lipinski definition) is 3. The standard InChI is InChI=1S/C13H14FN3O2/c1-8-2-3-10-15-11(12(14)17(10)6-8)13(19)16-5-4-9(18)7-16/h2-3,6,9,18H,4-5,7H2,1H3/t9-/m1/s1. The molecule has 0 unspecified atom stereocenters. The number of amides is 1. The molecule has 3 heterocycles. The molecule has 0 saturated carbocycles. The van der Waals surface area contributed by atoms with Crippen LogP contribution in [0.25, 0.3) is 5.65 Å². The summed E-state index contributed by atoms with van der Waals surface area (Å²) < 4.78 is 15.5. The Bertz CT molecular complexity index is 653. The summed E-state index contributed by atoms with van der Waals surface area (Å²) in [4.78, 5) is 17.6. The molecule has 6 heteroatoms. The average Bonchev–Trinajstić information content (AvgIpc) is 2.94. The first-order valence-corrected chi connectivity index (χ1v) is 6.18. The molecule has 1 saturated heterocycles. The molecule has 0 aromatic carbocycles. The van der Waals surface area contributed by atoms with Crippen molar-refractivity contribution in [1.82, 2.24) is 14.3 Å². The van der Waals surface area contributed by atoms with Crippen LogP contribution in [0, 0.1) is 12.9 Å². The van der Waals surface area contributed by atoms with Gasteiger partial charge in [-0.15, -0.1) is 0 Å². The number of nitrogens with zero attached hydrogens (tertiary/aromatic N) is 3. The maximum absolute atomic E-state index is 14.2. The molecule has 1 atom stereocenters. The number of fused-ring (bicyclic) bond motifs is 1. The van der Waals surface area contributed by atoms with Crippen molar-refractivity contribution in [3.8, 4) is 0 Å². The van der Waals surface area contributed by atoms with Gasteiger partial charge in [-0.05, 0) is 25.0 Å². The first-order valence-electron chi connectivity index (χ1n) is 6.18. The highest BCUT2D eigenvalue weighted by molar-refractivity contribution is 5.93. The van der Waals surface area contributed by atoms with Crippen LogP contribution in [-0.2, 0) is 0 Å². The van der Waals surface area contributed by atoms with E-state index < -0.39 is 18.0 Å². The second-order valence-corrected chi connectivity index (χ2v) is 4.88. The Hall–Kier alpha value is -1.95. The summed E-state index contributed by atoms with van der Waals surface area (Å²) in [7, 11) is 0. The number of aliphatic hydroxyl groups excluding tert-OH is 1. The molecule has 1 amide bonds. The second-order valence-electron chi connectivity index (χ2n) is 4.88. The van der Waals surface area contributed by atoms with Gasteiger partial charge in [-0.3, -0.25) is 9.20 Å². The molecule has 2 aromatic rings. The van der Waals surface area contributed by atoms with Crippen molar-refractivity contribution >= 4 is 11.6 Å². The van der Waals surface area contributed by atoms with E-state index in [-0.39, 0.29) is 12.2 Å². The Morgan fingerprint density at radius 2 is 2.32 bits per heavy atom. The fourth-order valence-corrected chi connectivity index (χ4v) is 2.33. The number of aliphatic hydroxyl groups is 1. The van der Waals surface area contributed by atoms with Crippen LogP contribution >= 0.6 is 0 Å². The third-order valence-electron chi connectivity index (χ3n) is 3.36. The van der Waals surface area contributed by atoms with Crippen molar-refractivity contribution < 1.29 is 14.3 Å². The minimum atomic E-state index is -0.648. The van der Waals surface area contributed by atoms with E-state index in [1.54, 1.807) is 12.3 Å². The van der Waals surface area contributed by atoms with Crippen molar-refractivity contribution in [1.29, 1.82) is 0 Å². The Labute approximate surface area is 109 Å². The molecule has 1 N–H and O–H groups in total. The summed E-state index contributed by atoms with van der Waals surface area (Å²) in [6.45, 7) is 2.52. The first-order chi connectivity index (χ1) is 9.06. The first kappa shape index (κ1) is 12.1. The minimum Gasteiger partial charge on any atom is -0.391 e. The summed E-state index contributed by atoms with van der Waals surface area (Å²) in [5, 5.41) is 9.43. The molecule has 100 valence electrons. The highest BCUT2D eigenvalue weighted by Crippen LogP contribution is 2.17. The fraction of sp³-hybridized carbons (Fsp3) is 0.385. The van der Waals surface area contributed by atoms with Gasteiger partial charge in [-0.2, -0.15) is 4.39 Å². The number of rotatable bonds is 1. The largest absolute Gasteiger partial charge is 0.391 e. The fourth-order valence-electron chi connectivity index (χ4n) is 2.33. The molecule has 5 nitrogen and oxygen atoms in total. The molecule has 3 rings (SSSR count). The Balaban J connectivity index is 2.01. The Morgan fingerprint density at radius 3 is 3.00 bits per heavy atom. The average molecular weight is 263 g/mol. The molecule has 0 radical (unpaired) electrons. The quantitative estimate of drug-likeness (QED) is 0.834. The molecule has 0 spiro atoms. The van der Waals surface area contributed by atoms with Gasteiger partial charge in [-0.1, -0.05) is 6.07 Å². The number of carbonyl (C=O) groups is 1. The number of carbonyl (C=O) groups excluding carboxylic acids is 1. The van der Waals surface area contributed by atoms with Gasteiger partial charge in [-0.25, -0.2) is 4.98 Å². The van der Waals surface area contributed by atoms with Crippen molar-refractivity contribution in [2.45, 2.75) is 19.4 Å². The molecule has 0 bridgehead atoms. The maximum atomic E-state index is 14.2. The molecule has 1 fully saturated rings. The number of halogens is 1. The lowest BCUT2D eigenvalue weighted by molar-refractivity contribution is 0.0754. The zero-order valence-corrected chi connectivity index (χ0v) is 10.5. The van der Waals surface area contributed by atoms with Crippen molar-refractivity contribution in [3.63, 3.8) is 0 Å². The topological polar surface area (TPSA) is 57.8 Å². The van der Waals surface area contributed by atoms with Gasteiger partial charge in [0.05, 0.1) is 6.10 Å². The highest BCUT2D eigenvalue weighted by atomic mass is 19.1. The maximum Gasteiger partial charge on any atom is 0.277 e. The van der Waals surface area contributed by atoms with Crippen LogP contribution in [0.1, 0.15) is 22.5 Å². The normalized spacial score (nSPS) is 19.3. The van der Waals surface area contributed by atoms with E-state index in [4.69, 9.17) is 0 Å². The van der Waals surface area contributed by atoms with Crippen LogP contribution in [-0.4, -0.2) is 44.5 Å². The number of β-amino-alcohol motifs (C(OH)–C–C–N with tert-alkyl or cyclic N) is 1. The molecule has 1 aliphatic rings. The van der Waals surface area contributed by atoms with Crippen LogP contribution in [0.4, 0.5) is 4.39 Å². The van der Waals surface area contributed by atoms with Gasteiger partial charge in [0.25, 0.3) is 5.91 Å². The highest BCUT2D eigenvalue weighted by Gasteiger charge is 2.29. The molecule has 19 heavy (non-hydrogen) atoms. The predicted molar refractivity (Wildman–Crippen MR) is 66.4 cm³/mol. The van der Waals surface area contributed by atoms with Gasteiger partial charge >= 0.3 is 0 Å². The van der Waals surface area contributed by atoms with E-state index in [1.165, 1.54) is 9.30 Å². The number of likely N-dealkylation sites (tertiary alicyclic amines) is 1. The SMILES string of the molecule is Cc1ccc2nc(C(=O)N3CC[C@@H](O)C3)c(F)n2c1. The summed E-state index contributed by atoms with van der Waals surface area (Å²) in [6.07, 6.45) is 1.61. The van der Waals surface area contributed by atoms with E-state index in [1.807, 2.05) is 13.0 Å². The molecular formula is C13H14FN3O2. The zero-order chi connectivity index (χ0) is 13.6. The lowest BCUT2D eigenvalue weighted by Gasteiger charge is -2.13. The summed E-state index contributed by atoms with van der Waals surface area (Å²) in [5.74, 6) is -1.11. The van der Waals surface area contributed by atoms with E-state index in [0.717, 1.165) is 5.56 Å². The van der Waals surface area contributed by atoms with Crippen LogP contribution < -0.4 is 0 Å². The molecule has 1 aliphatic heterocycles. The smallest absolute Gasteiger partial charge is 0.277 e. The van der Waals surface area contributed by atoms with Gasteiger partial charge in [0.1, 0.15) is 5.65 Å². The number of imidazole rings is 1. The summed E-state index contributed by atoms with van der Waals surface area (Å²) in [6, 6.07) is 3.49. The number of aromatic nitrogens is 2. The van der Waals surface area contributed by atoms with Crippen LogP contribution in [0.3, 0.4) is 0 Å². The van der Waals surface area contributed by atoms with Crippen molar-refractivity contribution in [3.05, 3.63) is 35.5 Å².